The predicted molar refractivity (Wildman–Crippen MR) is 79.4 cm³/mol. The van der Waals surface area contributed by atoms with Crippen LogP contribution in [0.15, 0.2) is 17.5 Å². The topological polar surface area (TPSA) is 71.4 Å². The Morgan fingerprint density at radius 3 is 1.86 bits per heavy atom. The van der Waals surface area contributed by atoms with E-state index in [0.29, 0.717) is 6.42 Å². The molecule has 22 heavy (non-hydrogen) atoms. The Labute approximate surface area is 132 Å². The number of thiophene rings is 1. The van der Waals surface area contributed by atoms with E-state index >= 15 is 0 Å². The molecule has 0 aliphatic heterocycles. The normalized spacial score (nSPS) is 14.4. The third-order valence-corrected chi connectivity index (χ3v) is 4.01. The quantitative estimate of drug-likeness (QED) is 0.633. The Morgan fingerprint density at radius 1 is 1.23 bits per heavy atom. The van der Waals surface area contributed by atoms with E-state index in [0.717, 1.165) is 4.88 Å². The van der Waals surface area contributed by atoms with E-state index in [4.69, 9.17) is 13.0 Å². The highest BCUT2D eigenvalue weighted by molar-refractivity contribution is 7.86. The summed E-state index contributed by atoms with van der Waals surface area (Å²) in [5.74, 6) is 0.234. The van der Waals surface area contributed by atoms with Crippen molar-refractivity contribution in [3.8, 4) is 0 Å². The molecule has 1 N–H and O–H groups in total. The van der Waals surface area contributed by atoms with Gasteiger partial charge in [-0.15, -0.1) is 11.3 Å². The number of hydrogen-bond donors (Lipinski definition) is 1. The fourth-order valence-corrected chi connectivity index (χ4v) is 2.32. The smallest absolute Gasteiger partial charge is 0.300 e. The first kappa shape index (κ1) is 21.1. The van der Waals surface area contributed by atoms with E-state index in [9.17, 15) is 18.0 Å². The highest BCUT2D eigenvalue weighted by atomic mass is 32.2. The summed E-state index contributed by atoms with van der Waals surface area (Å²) in [6, 6.07) is 3.94. The maximum Gasteiger partial charge on any atom is 0.522 e. The molecule has 0 spiro atoms. The van der Waals surface area contributed by atoms with Crippen LogP contribution in [0.5, 0.6) is 0 Å². The molecule has 0 unspecified atom stereocenters. The molecule has 9 heteroatoms. The highest BCUT2D eigenvalue weighted by Gasteiger charge is 2.44. The fourth-order valence-electron chi connectivity index (χ4n) is 1.54. The lowest BCUT2D eigenvalue weighted by Crippen LogP contribution is -2.21. The molecule has 1 aliphatic rings. The summed E-state index contributed by atoms with van der Waals surface area (Å²) in [4.78, 5) is 11.7. The van der Waals surface area contributed by atoms with Gasteiger partial charge in [0.2, 0.25) is 0 Å². The second kappa shape index (κ2) is 9.96. The molecular formula is C13H19F3O4S2. The van der Waals surface area contributed by atoms with Gasteiger partial charge in [-0.2, -0.15) is 21.6 Å². The van der Waals surface area contributed by atoms with E-state index in [1.807, 2.05) is 17.5 Å². The van der Waals surface area contributed by atoms with Crippen molar-refractivity contribution < 1.29 is 30.9 Å². The van der Waals surface area contributed by atoms with Crippen molar-refractivity contribution in [2.45, 2.75) is 51.0 Å². The molecule has 2 rings (SSSR count). The molecule has 1 aromatic rings. The van der Waals surface area contributed by atoms with Gasteiger partial charge in [0.15, 0.2) is 0 Å². The molecule has 0 saturated heterocycles. The molecule has 1 fully saturated rings. The summed E-state index contributed by atoms with van der Waals surface area (Å²) in [5, 5.41) is 1.98. The van der Waals surface area contributed by atoms with E-state index in [1.165, 1.54) is 32.1 Å². The number of halogens is 3. The largest absolute Gasteiger partial charge is 0.522 e. The Bertz CT molecular complexity index is 510. The summed E-state index contributed by atoms with van der Waals surface area (Å²) in [5.41, 5.74) is -5.53. The molecule has 0 radical (unpaired) electrons. The van der Waals surface area contributed by atoms with E-state index < -0.39 is 15.6 Å². The highest BCUT2D eigenvalue weighted by Crippen LogP contribution is 2.20. The van der Waals surface area contributed by atoms with Crippen molar-refractivity contribution in [3.05, 3.63) is 22.4 Å². The zero-order chi connectivity index (χ0) is 17.2. The standard InChI is InChI=1S/C7H8OS.C5H10.CHF3O3S/c1-6(8)5-7-3-2-4-9-7;1-2-4-5-3-1;2-1(3,4)8(5,6)7/h2-4H,5H2,1H3;1-5H2;(H,5,6,7). The third-order valence-electron chi connectivity index (χ3n) is 2.55. The van der Waals surface area contributed by atoms with E-state index in [1.54, 1.807) is 18.3 Å². The van der Waals surface area contributed by atoms with Gasteiger partial charge >= 0.3 is 15.6 Å². The lowest BCUT2D eigenvalue weighted by atomic mass is 10.3. The van der Waals surface area contributed by atoms with Gasteiger partial charge in [0.25, 0.3) is 0 Å². The average molecular weight is 360 g/mol. The molecule has 0 bridgehead atoms. The first-order valence-electron chi connectivity index (χ1n) is 6.59. The second-order valence-corrected chi connectivity index (χ2v) is 7.09. The van der Waals surface area contributed by atoms with Crippen LogP contribution in [0.3, 0.4) is 0 Å². The number of ketones is 1. The van der Waals surface area contributed by atoms with Crippen molar-refractivity contribution in [1.29, 1.82) is 0 Å². The van der Waals surface area contributed by atoms with Crippen LogP contribution in [-0.4, -0.2) is 24.3 Å². The fraction of sp³-hybridized carbons (Fsp3) is 0.615. The third kappa shape index (κ3) is 10.7. The van der Waals surface area contributed by atoms with Crippen LogP contribution in [-0.2, 0) is 21.3 Å². The minimum atomic E-state index is -5.84. The van der Waals surface area contributed by atoms with Crippen molar-refractivity contribution >= 4 is 27.2 Å². The van der Waals surface area contributed by atoms with Crippen molar-refractivity contribution in [2.24, 2.45) is 0 Å². The molecule has 4 nitrogen and oxygen atoms in total. The van der Waals surface area contributed by atoms with Crippen LogP contribution < -0.4 is 0 Å². The summed E-state index contributed by atoms with van der Waals surface area (Å²) < 4.78 is 57.5. The zero-order valence-electron chi connectivity index (χ0n) is 12.1. The molecule has 0 atom stereocenters. The van der Waals surface area contributed by atoms with E-state index in [-0.39, 0.29) is 5.78 Å². The van der Waals surface area contributed by atoms with Crippen molar-refractivity contribution in [2.75, 3.05) is 0 Å². The number of hydrogen-bond acceptors (Lipinski definition) is 4. The second-order valence-electron chi connectivity index (χ2n) is 4.65. The summed E-state index contributed by atoms with van der Waals surface area (Å²) in [7, 11) is -5.84. The van der Waals surface area contributed by atoms with Gasteiger partial charge in [-0.05, 0) is 18.4 Å². The van der Waals surface area contributed by atoms with Gasteiger partial charge < -0.3 is 0 Å². The van der Waals surface area contributed by atoms with Gasteiger partial charge in [-0.3, -0.25) is 9.35 Å². The van der Waals surface area contributed by atoms with E-state index in [2.05, 4.69) is 0 Å². The first-order chi connectivity index (χ1) is 10.0. The Kier molecular flexibility index (Phi) is 9.54. The van der Waals surface area contributed by atoms with Gasteiger partial charge in [-0.25, -0.2) is 0 Å². The number of Topliss-reactive ketones (excluding diaryl/α,β-unsaturated/α-hetero) is 1. The van der Waals surface area contributed by atoms with Gasteiger partial charge in [0, 0.05) is 11.3 Å². The summed E-state index contributed by atoms with van der Waals surface area (Å²) in [6.07, 6.45) is 8.09. The maximum absolute atomic E-state index is 10.7. The van der Waals surface area contributed by atoms with Crippen LogP contribution in [0.4, 0.5) is 13.2 Å². The van der Waals surface area contributed by atoms with Crippen molar-refractivity contribution in [1.82, 2.24) is 0 Å². The van der Waals surface area contributed by atoms with Gasteiger partial charge in [0.05, 0.1) is 0 Å². The van der Waals surface area contributed by atoms with Crippen LogP contribution in [0.2, 0.25) is 0 Å². The molecule has 128 valence electrons. The summed E-state index contributed by atoms with van der Waals surface area (Å²) in [6.45, 7) is 1.61. The Morgan fingerprint density at radius 2 is 1.64 bits per heavy atom. The number of carbonyl (C=O) groups is 1. The molecular weight excluding hydrogens is 341 g/mol. The Hall–Kier alpha value is -0.930. The summed E-state index contributed by atoms with van der Waals surface area (Å²) >= 11 is 1.63. The van der Waals surface area contributed by atoms with Crippen LogP contribution in [0.25, 0.3) is 0 Å². The molecule has 1 saturated carbocycles. The SMILES string of the molecule is C1CCCC1.CC(=O)Cc1cccs1.O=S(=O)(O)C(F)(F)F. The van der Waals surface area contributed by atoms with Crippen LogP contribution >= 0.6 is 11.3 Å². The predicted octanol–water partition coefficient (Wildman–Crippen LogP) is 4.22. The number of carbonyl (C=O) groups excluding carboxylic acids is 1. The zero-order valence-corrected chi connectivity index (χ0v) is 13.7. The minimum Gasteiger partial charge on any atom is -0.300 e. The number of rotatable bonds is 2. The Balaban J connectivity index is 0.000000312. The number of alkyl halides is 3. The molecule has 1 aromatic heterocycles. The minimum absolute atomic E-state index is 0.234. The maximum atomic E-state index is 10.7. The molecule has 1 aliphatic carbocycles. The van der Waals surface area contributed by atoms with Gasteiger partial charge in [0.1, 0.15) is 5.78 Å². The van der Waals surface area contributed by atoms with Crippen molar-refractivity contribution in [3.63, 3.8) is 0 Å². The van der Waals surface area contributed by atoms with Gasteiger partial charge in [-0.1, -0.05) is 38.2 Å². The monoisotopic (exact) mass is 360 g/mol. The molecule has 0 aromatic carbocycles. The molecule has 0 amide bonds. The molecule has 1 heterocycles. The van der Waals surface area contributed by atoms with Crippen LogP contribution in [0.1, 0.15) is 43.9 Å². The first-order valence-corrected chi connectivity index (χ1v) is 8.91. The average Bonchev–Trinajstić information content (AvgIpc) is 3.00. The lowest BCUT2D eigenvalue weighted by molar-refractivity contribution is -0.116. The van der Waals surface area contributed by atoms with Crippen LogP contribution in [0, 0.1) is 0 Å². The lowest BCUT2D eigenvalue weighted by Gasteiger charge is -1.97.